The molecule has 102 valence electrons. The maximum Gasteiger partial charge on any atom is 0.252 e. The first kappa shape index (κ1) is 15.5. The van der Waals surface area contributed by atoms with Gasteiger partial charge in [0.25, 0.3) is 5.91 Å². The Bertz CT molecular complexity index is 375. The minimum absolute atomic E-state index is 0. The molecule has 1 aromatic heterocycles. The summed E-state index contributed by atoms with van der Waals surface area (Å²) in [6.07, 6.45) is 3.64. The molecule has 1 atom stereocenters. The molecule has 1 aliphatic rings. The molecule has 1 amide bonds. The Morgan fingerprint density at radius 2 is 2.39 bits per heavy atom. The van der Waals surface area contributed by atoms with Gasteiger partial charge in [-0.25, -0.2) is 0 Å². The zero-order valence-corrected chi connectivity index (χ0v) is 12.3. The van der Waals surface area contributed by atoms with Gasteiger partial charge in [-0.1, -0.05) is 0 Å². The predicted molar refractivity (Wildman–Crippen MR) is 78.8 cm³/mol. The maximum atomic E-state index is 11.8. The minimum Gasteiger partial charge on any atom is -0.352 e. The summed E-state index contributed by atoms with van der Waals surface area (Å²) in [7, 11) is 0. The van der Waals surface area contributed by atoms with Crippen LogP contribution in [0.15, 0.2) is 10.8 Å². The zero-order valence-electron chi connectivity index (χ0n) is 10.7. The van der Waals surface area contributed by atoms with E-state index in [1.807, 2.05) is 17.7 Å². The molecule has 0 spiro atoms. The number of nitrogens with one attached hydrogen (secondary N) is 2. The fourth-order valence-corrected chi connectivity index (χ4v) is 3.08. The predicted octanol–water partition coefficient (Wildman–Crippen LogP) is 2.60. The van der Waals surface area contributed by atoms with Crippen LogP contribution in [0.3, 0.4) is 0 Å². The van der Waals surface area contributed by atoms with Crippen molar-refractivity contribution in [1.82, 2.24) is 10.6 Å². The van der Waals surface area contributed by atoms with E-state index in [0.29, 0.717) is 0 Å². The highest BCUT2D eigenvalue weighted by molar-refractivity contribution is 7.08. The Morgan fingerprint density at radius 3 is 3.00 bits per heavy atom. The number of hydrogen-bond acceptors (Lipinski definition) is 3. The summed E-state index contributed by atoms with van der Waals surface area (Å²) in [6, 6.07) is 0. The largest absolute Gasteiger partial charge is 0.352 e. The number of piperidine rings is 1. The van der Waals surface area contributed by atoms with Gasteiger partial charge >= 0.3 is 0 Å². The second-order valence-electron chi connectivity index (χ2n) is 4.73. The van der Waals surface area contributed by atoms with Crippen LogP contribution in [-0.2, 0) is 0 Å². The monoisotopic (exact) mass is 288 g/mol. The van der Waals surface area contributed by atoms with E-state index < -0.39 is 0 Å². The lowest BCUT2D eigenvalue weighted by Crippen LogP contribution is -2.33. The molecular weight excluding hydrogens is 268 g/mol. The highest BCUT2D eigenvalue weighted by Crippen LogP contribution is 2.15. The SMILES string of the molecule is Cc1cscc1C(=O)NCCC1CCCNC1.Cl. The molecule has 1 aliphatic heterocycles. The number of amides is 1. The summed E-state index contributed by atoms with van der Waals surface area (Å²) in [6.45, 7) is 5.03. The zero-order chi connectivity index (χ0) is 12.1. The lowest BCUT2D eigenvalue weighted by molar-refractivity contribution is 0.0950. The van der Waals surface area contributed by atoms with Crippen LogP contribution in [0.4, 0.5) is 0 Å². The van der Waals surface area contributed by atoms with Gasteiger partial charge in [0.2, 0.25) is 0 Å². The molecule has 3 nitrogen and oxygen atoms in total. The van der Waals surface area contributed by atoms with Gasteiger partial charge in [-0.15, -0.1) is 12.4 Å². The Morgan fingerprint density at radius 1 is 1.56 bits per heavy atom. The highest BCUT2D eigenvalue weighted by Gasteiger charge is 2.14. The number of rotatable bonds is 4. The van der Waals surface area contributed by atoms with E-state index in [2.05, 4.69) is 10.6 Å². The van der Waals surface area contributed by atoms with E-state index in [-0.39, 0.29) is 18.3 Å². The van der Waals surface area contributed by atoms with Crippen LogP contribution >= 0.6 is 23.7 Å². The van der Waals surface area contributed by atoms with E-state index in [0.717, 1.165) is 43.1 Å². The molecule has 0 radical (unpaired) electrons. The van der Waals surface area contributed by atoms with Gasteiger partial charge in [0.1, 0.15) is 0 Å². The molecule has 1 unspecified atom stereocenters. The summed E-state index contributed by atoms with van der Waals surface area (Å²) >= 11 is 1.59. The Hall–Kier alpha value is -0.580. The molecule has 2 N–H and O–H groups in total. The second-order valence-corrected chi connectivity index (χ2v) is 5.47. The third-order valence-electron chi connectivity index (χ3n) is 3.34. The molecule has 0 saturated carbocycles. The third-order valence-corrected chi connectivity index (χ3v) is 4.20. The fourth-order valence-electron chi connectivity index (χ4n) is 2.25. The van der Waals surface area contributed by atoms with Crippen LogP contribution in [0.25, 0.3) is 0 Å². The molecule has 2 rings (SSSR count). The highest BCUT2D eigenvalue weighted by atomic mass is 35.5. The molecule has 1 saturated heterocycles. The van der Waals surface area contributed by atoms with E-state index in [9.17, 15) is 4.79 Å². The first-order valence-electron chi connectivity index (χ1n) is 6.29. The van der Waals surface area contributed by atoms with Crippen molar-refractivity contribution in [3.8, 4) is 0 Å². The van der Waals surface area contributed by atoms with Crippen molar-refractivity contribution < 1.29 is 4.79 Å². The first-order chi connectivity index (χ1) is 8.27. The quantitative estimate of drug-likeness (QED) is 0.894. The number of aryl methyl sites for hydroxylation is 1. The van der Waals surface area contributed by atoms with E-state index >= 15 is 0 Å². The average Bonchev–Trinajstić information content (AvgIpc) is 2.77. The van der Waals surface area contributed by atoms with Crippen molar-refractivity contribution in [2.45, 2.75) is 26.2 Å². The van der Waals surface area contributed by atoms with Gasteiger partial charge < -0.3 is 10.6 Å². The van der Waals surface area contributed by atoms with Crippen LogP contribution in [0.1, 0.15) is 35.2 Å². The summed E-state index contributed by atoms with van der Waals surface area (Å²) in [5.41, 5.74) is 1.91. The normalized spacial score (nSPS) is 19.1. The third kappa shape index (κ3) is 4.26. The van der Waals surface area contributed by atoms with Crippen LogP contribution in [0, 0.1) is 12.8 Å². The van der Waals surface area contributed by atoms with Crippen LogP contribution in [-0.4, -0.2) is 25.5 Å². The van der Waals surface area contributed by atoms with Crippen LogP contribution in [0.2, 0.25) is 0 Å². The van der Waals surface area contributed by atoms with Gasteiger partial charge in [-0.2, -0.15) is 11.3 Å². The molecule has 18 heavy (non-hydrogen) atoms. The first-order valence-corrected chi connectivity index (χ1v) is 7.23. The lowest BCUT2D eigenvalue weighted by atomic mass is 9.96. The van der Waals surface area contributed by atoms with E-state index in [1.165, 1.54) is 12.8 Å². The van der Waals surface area contributed by atoms with Crippen molar-refractivity contribution in [3.05, 3.63) is 21.9 Å². The van der Waals surface area contributed by atoms with E-state index in [1.54, 1.807) is 11.3 Å². The maximum absolute atomic E-state index is 11.8. The molecule has 2 heterocycles. The van der Waals surface area contributed by atoms with Gasteiger partial charge in [0, 0.05) is 11.9 Å². The lowest BCUT2D eigenvalue weighted by Gasteiger charge is -2.22. The summed E-state index contributed by atoms with van der Waals surface area (Å²) < 4.78 is 0. The summed E-state index contributed by atoms with van der Waals surface area (Å²) in [4.78, 5) is 11.8. The van der Waals surface area contributed by atoms with Crippen LogP contribution < -0.4 is 10.6 Å². The topological polar surface area (TPSA) is 41.1 Å². The Labute approximate surface area is 119 Å². The molecular formula is C13H21ClN2OS. The number of carbonyl (C=O) groups is 1. The molecule has 5 heteroatoms. The number of halogens is 1. The number of thiophene rings is 1. The average molecular weight is 289 g/mol. The molecule has 1 fully saturated rings. The Kier molecular flexibility index (Phi) is 6.68. The van der Waals surface area contributed by atoms with Crippen molar-refractivity contribution in [2.75, 3.05) is 19.6 Å². The van der Waals surface area contributed by atoms with Crippen molar-refractivity contribution in [3.63, 3.8) is 0 Å². The number of carbonyl (C=O) groups excluding carboxylic acids is 1. The molecule has 1 aromatic rings. The summed E-state index contributed by atoms with van der Waals surface area (Å²) in [5, 5.41) is 10.3. The summed E-state index contributed by atoms with van der Waals surface area (Å²) in [5.74, 6) is 0.806. The smallest absolute Gasteiger partial charge is 0.252 e. The van der Waals surface area contributed by atoms with Gasteiger partial charge in [-0.05, 0) is 56.1 Å². The molecule has 0 aliphatic carbocycles. The van der Waals surface area contributed by atoms with Crippen molar-refractivity contribution >= 4 is 29.7 Å². The van der Waals surface area contributed by atoms with Crippen molar-refractivity contribution in [2.24, 2.45) is 5.92 Å². The van der Waals surface area contributed by atoms with Crippen molar-refractivity contribution in [1.29, 1.82) is 0 Å². The molecule has 0 bridgehead atoms. The fraction of sp³-hybridized carbons (Fsp3) is 0.615. The Balaban J connectivity index is 0.00000162. The van der Waals surface area contributed by atoms with E-state index in [4.69, 9.17) is 0 Å². The standard InChI is InChI=1S/C13H20N2OS.ClH/c1-10-8-17-9-12(10)13(16)15-6-4-11-3-2-5-14-7-11;/h8-9,11,14H,2-7H2,1H3,(H,15,16);1H. The molecule has 0 aromatic carbocycles. The van der Waals surface area contributed by atoms with Gasteiger partial charge in [0.05, 0.1) is 5.56 Å². The number of hydrogen-bond donors (Lipinski definition) is 2. The van der Waals surface area contributed by atoms with Gasteiger partial charge in [0.15, 0.2) is 0 Å². The van der Waals surface area contributed by atoms with Gasteiger partial charge in [-0.3, -0.25) is 4.79 Å². The second kappa shape index (κ2) is 7.77. The minimum atomic E-state index is 0. The van der Waals surface area contributed by atoms with Crippen LogP contribution in [0.5, 0.6) is 0 Å².